The molecule has 0 amide bonds. The molecule has 0 spiro atoms. The Kier molecular flexibility index (Phi) is 3.43. The van der Waals surface area contributed by atoms with Crippen LogP contribution in [0, 0.1) is 6.92 Å². The second kappa shape index (κ2) is 4.82. The third-order valence-corrected chi connectivity index (χ3v) is 3.66. The number of furan rings is 1. The molecule has 0 aliphatic rings. The van der Waals surface area contributed by atoms with Crippen LogP contribution in [0.3, 0.4) is 0 Å². The van der Waals surface area contributed by atoms with Crippen molar-refractivity contribution in [2.75, 3.05) is 0 Å². The Balaban J connectivity index is 2.45. The van der Waals surface area contributed by atoms with Crippen LogP contribution in [-0.2, 0) is 0 Å². The van der Waals surface area contributed by atoms with E-state index in [2.05, 4.69) is 34.3 Å². The normalized spacial score (nSPS) is 12.7. The summed E-state index contributed by atoms with van der Waals surface area (Å²) in [6.07, 6.45) is 3.34. The summed E-state index contributed by atoms with van der Waals surface area (Å²) in [7, 11) is 0. The van der Waals surface area contributed by atoms with Crippen LogP contribution in [0.25, 0.3) is 0 Å². The van der Waals surface area contributed by atoms with Gasteiger partial charge in [0.05, 0.1) is 18.6 Å². The average molecular weight is 281 g/mol. The molecule has 1 unspecified atom stereocenters. The van der Waals surface area contributed by atoms with E-state index >= 15 is 0 Å². The summed E-state index contributed by atoms with van der Waals surface area (Å²) >= 11 is 3.58. The van der Waals surface area contributed by atoms with Gasteiger partial charge >= 0.3 is 0 Å². The van der Waals surface area contributed by atoms with Crippen molar-refractivity contribution in [3.05, 3.63) is 58.0 Å². The number of nitrogens with two attached hydrogens (primary N) is 1. The van der Waals surface area contributed by atoms with Crippen molar-refractivity contribution in [1.82, 2.24) is 5.43 Å². The molecule has 16 heavy (non-hydrogen) atoms. The molecular formula is C12H13BrN2O. The molecule has 2 aromatic rings. The fourth-order valence-electron chi connectivity index (χ4n) is 1.70. The summed E-state index contributed by atoms with van der Waals surface area (Å²) < 4.78 is 6.15. The molecule has 0 saturated heterocycles. The third-order valence-electron chi connectivity index (χ3n) is 2.58. The van der Waals surface area contributed by atoms with Crippen LogP contribution in [-0.4, -0.2) is 0 Å². The lowest BCUT2D eigenvalue weighted by Gasteiger charge is -2.17. The first-order valence-electron chi connectivity index (χ1n) is 4.97. The van der Waals surface area contributed by atoms with E-state index in [9.17, 15) is 0 Å². The average Bonchev–Trinajstić information content (AvgIpc) is 2.79. The molecule has 1 aromatic heterocycles. The van der Waals surface area contributed by atoms with Crippen molar-refractivity contribution in [2.24, 2.45) is 5.84 Å². The van der Waals surface area contributed by atoms with Gasteiger partial charge in [0.1, 0.15) is 0 Å². The van der Waals surface area contributed by atoms with Crippen molar-refractivity contribution in [1.29, 1.82) is 0 Å². The van der Waals surface area contributed by atoms with E-state index in [4.69, 9.17) is 10.3 Å². The summed E-state index contributed by atoms with van der Waals surface area (Å²) in [5.74, 6) is 5.60. The summed E-state index contributed by atoms with van der Waals surface area (Å²) in [5, 5.41) is 0. The fourth-order valence-corrected chi connectivity index (χ4v) is 2.19. The molecule has 0 saturated carbocycles. The van der Waals surface area contributed by atoms with Crippen molar-refractivity contribution >= 4 is 15.9 Å². The summed E-state index contributed by atoms with van der Waals surface area (Å²) in [6.45, 7) is 2.05. The van der Waals surface area contributed by atoms with Gasteiger partial charge in [0.15, 0.2) is 0 Å². The van der Waals surface area contributed by atoms with Gasteiger partial charge in [0, 0.05) is 10.0 Å². The zero-order chi connectivity index (χ0) is 11.5. The number of hydrazine groups is 1. The van der Waals surface area contributed by atoms with Crippen LogP contribution in [0.15, 0.2) is 45.7 Å². The van der Waals surface area contributed by atoms with Gasteiger partial charge in [-0.25, -0.2) is 5.43 Å². The standard InChI is InChI=1S/C12H13BrN2O/c1-8-3-2-4-10(11(8)13)12(15-14)9-5-6-16-7-9/h2-7,12,15H,14H2,1H3. The Morgan fingerprint density at radius 2 is 2.19 bits per heavy atom. The second-order valence-corrected chi connectivity index (χ2v) is 4.43. The highest BCUT2D eigenvalue weighted by Crippen LogP contribution is 2.30. The Bertz CT molecular complexity index is 468. The quantitative estimate of drug-likeness (QED) is 0.672. The van der Waals surface area contributed by atoms with Crippen molar-refractivity contribution in [3.63, 3.8) is 0 Å². The largest absolute Gasteiger partial charge is 0.472 e. The van der Waals surface area contributed by atoms with E-state index in [1.54, 1.807) is 12.5 Å². The summed E-state index contributed by atoms with van der Waals surface area (Å²) in [6, 6.07) is 7.94. The first-order valence-corrected chi connectivity index (χ1v) is 5.76. The predicted molar refractivity (Wildman–Crippen MR) is 66.8 cm³/mol. The number of hydrogen-bond donors (Lipinski definition) is 2. The Hall–Kier alpha value is -1.10. The molecule has 84 valence electrons. The zero-order valence-electron chi connectivity index (χ0n) is 8.91. The summed E-state index contributed by atoms with van der Waals surface area (Å²) in [4.78, 5) is 0. The summed E-state index contributed by atoms with van der Waals surface area (Å²) in [5.41, 5.74) is 6.09. The molecule has 1 aromatic carbocycles. The molecule has 0 bridgehead atoms. The number of aryl methyl sites for hydroxylation is 1. The minimum atomic E-state index is -0.0620. The molecule has 1 heterocycles. The van der Waals surface area contributed by atoms with Gasteiger partial charge in [-0.15, -0.1) is 0 Å². The maximum absolute atomic E-state index is 5.60. The number of nitrogens with one attached hydrogen (secondary N) is 1. The van der Waals surface area contributed by atoms with Crippen molar-refractivity contribution < 1.29 is 4.42 Å². The number of hydrogen-bond acceptors (Lipinski definition) is 3. The SMILES string of the molecule is Cc1cccc(C(NN)c2ccoc2)c1Br. The smallest absolute Gasteiger partial charge is 0.0954 e. The molecule has 3 N–H and O–H groups in total. The van der Waals surface area contributed by atoms with Crippen LogP contribution in [0.1, 0.15) is 22.7 Å². The molecule has 0 radical (unpaired) electrons. The van der Waals surface area contributed by atoms with Crippen molar-refractivity contribution in [3.8, 4) is 0 Å². The fraction of sp³-hybridized carbons (Fsp3) is 0.167. The van der Waals surface area contributed by atoms with E-state index in [0.717, 1.165) is 15.6 Å². The maximum Gasteiger partial charge on any atom is 0.0954 e. The van der Waals surface area contributed by atoms with Gasteiger partial charge in [-0.1, -0.05) is 34.1 Å². The van der Waals surface area contributed by atoms with Gasteiger partial charge in [-0.2, -0.15) is 0 Å². The van der Waals surface area contributed by atoms with E-state index < -0.39 is 0 Å². The first kappa shape index (κ1) is 11.4. The van der Waals surface area contributed by atoms with Gasteiger partial charge in [-0.3, -0.25) is 5.84 Å². The van der Waals surface area contributed by atoms with Crippen LogP contribution in [0.5, 0.6) is 0 Å². The molecule has 4 heteroatoms. The number of benzene rings is 1. The van der Waals surface area contributed by atoms with Crippen LogP contribution >= 0.6 is 15.9 Å². The lowest BCUT2D eigenvalue weighted by molar-refractivity contribution is 0.553. The van der Waals surface area contributed by atoms with Crippen LogP contribution < -0.4 is 11.3 Å². The van der Waals surface area contributed by atoms with Crippen LogP contribution in [0.4, 0.5) is 0 Å². The molecule has 0 aliphatic carbocycles. The van der Waals surface area contributed by atoms with Crippen LogP contribution in [0.2, 0.25) is 0 Å². The van der Waals surface area contributed by atoms with Gasteiger partial charge in [0.2, 0.25) is 0 Å². The van der Waals surface area contributed by atoms with Crippen molar-refractivity contribution in [2.45, 2.75) is 13.0 Å². The van der Waals surface area contributed by atoms with Gasteiger partial charge in [-0.05, 0) is 24.1 Å². The molecule has 3 nitrogen and oxygen atoms in total. The lowest BCUT2D eigenvalue weighted by Crippen LogP contribution is -2.28. The Morgan fingerprint density at radius 1 is 1.38 bits per heavy atom. The Morgan fingerprint density at radius 3 is 2.81 bits per heavy atom. The second-order valence-electron chi connectivity index (χ2n) is 3.63. The minimum absolute atomic E-state index is 0.0620. The molecule has 1 atom stereocenters. The minimum Gasteiger partial charge on any atom is -0.472 e. The monoisotopic (exact) mass is 280 g/mol. The predicted octanol–water partition coefficient (Wildman–Crippen LogP) is 2.90. The molecular weight excluding hydrogens is 268 g/mol. The molecule has 0 fully saturated rings. The van der Waals surface area contributed by atoms with E-state index in [0.29, 0.717) is 0 Å². The van der Waals surface area contributed by atoms with E-state index in [1.807, 2.05) is 18.2 Å². The highest BCUT2D eigenvalue weighted by Gasteiger charge is 2.16. The Labute approximate surface area is 103 Å². The highest BCUT2D eigenvalue weighted by atomic mass is 79.9. The molecule has 0 aliphatic heterocycles. The number of halogens is 1. The zero-order valence-corrected chi connectivity index (χ0v) is 10.5. The van der Waals surface area contributed by atoms with Gasteiger partial charge in [0.25, 0.3) is 0 Å². The first-order chi connectivity index (χ1) is 7.74. The van der Waals surface area contributed by atoms with Gasteiger partial charge < -0.3 is 4.42 Å². The lowest BCUT2D eigenvalue weighted by atomic mass is 10.0. The van der Waals surface area contributed by atoms with E-state index in [1.165, 1.54) is 5.56 Å². The maximum atomic E-state index is 5.60. The highest BCUT2D eigenvalue weighted by molar-refractivity contribution is 9.10. The van der Waals surface area contributed by atoms with E-state index in [-0.39, 0.29) is 6.04 Å². The third kappa shape index (κ3) is 2.04. The number of rotatable bonds is 3. The topological polar surface area (TPSA) is 51.2 Å². The molecule has 2 rings (SSSR count).